The number of rotatable bonds is 5. The van der Waals surface area contributed by atoms with Crippen molar-refractivity contribution in [3.05, 3.63) is 34.1 Å². The minimum atomic E-state index is -0.243. The molecule has 0 radical (unpaired) electrons. The minimum Gasteiger partial charge on any atom is -0.368 e. The molecule has 6 N–H and O–H groups in total. The molecule has 0 aliphatic heterocycles. The number of anilines is 3. The van der Waals surface area contributed by atoms with Crippen LogP contribution in [0.3, 0.4) is 0 Å². The summed E-state index contributed by atoms with van der Waals surface area (Å²) in [5.41, 5.74) is 11.4. The Hall–Kier alpha value is -2.16. The summed E-state index contributed by atoms with van der Waals surface area (Å²) in [5.74, 6) is 0.267. The highest BCUT2D eigenvalue weighted by Gasteiger charge is 2.15. The summed E-state index contributed by atoms with van der Waals surface area (Å²) in [6, 6.07) is 5.00. The Morgan fingerprint density at radius 3 is 2.30 bits per heavy atom. The summed E-state index contributed by atoms with van der Waals surface area (Å²) in [6.45, 7) is 0.521. The van der Waals surface area contributed by atoms with Crippen molar-refractivity contribution in [3.63, 3.8) is 0 Å². The van der Waals surface area contributed by atoms with Gasteiger partial charge in [0, 0.05) is 0 Å². The third-order valence-corrected chi connectivity index (χ3v) is 3.50. The highest BCUT2D eigenvalue weighted by atomic mass is 35.5. The van der Waals surface area contributed by atoms with Gasteiger partial charge in [-0.3, -0.25) is 4.79 Å². The molecule has 2 rings (SSSR count). The Kier molecular flexibility index (Phi) is 5.54. The summed E-state index contributed by atoms with van der Waals surface area (Å²) >= 11 is 12.0. The van der Waals surface area contributed by atoms with Gasteiger partial charge in [-0.1, -0.05) is 29.3 Å². The van der Waals surface area contributed by atoms with Crippen molar-refractivity contribution in [2.75, 3.05) is 30.4 Å². The van der Waals surface area contributed by atoms with Crippen LogP contribution in [-0.4, -0.2) is 34.5 Å². The molecular weight excluding hydrogens is 341 g/mol. The first kappa shape index (κ1) is 17.2. The van der Waals surface area contributed by atoms with Gasteiger partial charge in [-0.25, -0.2) is 0 Å². The van der Waals surface area contributed by atoms with Crippen LogP contribution in [0.2, 0.25) is 10.0 Å². The van der Waals surface area contributed by atoms with Crippen molar-refractivity contribution in [2.24, 2.45) is 0 Å². The number of amides is 1. The molecule has 8 nitrogen and oxygen atoms in total. The molecule has 23 heavy (non-hydrogen) atoms. The topological polar surface area (TPSA) is 124 Å². The molecule has 0 saturated carbocycles. The van der Waals surface area contributed by atoms with E-state index in [-0.39, 0.29) is 24.3 Å². The van der Waals surface area contributed by atoms with Crippen molar-refractivity contribution in [1.82, 2.24) is 15.0 Å². The van der Waals surface area contributed by atoms with Gasteiger partial charge in [0.2, 0.25) is 11.9 Å². The van der Waals surface area contributed by atoms with E-state index in [0.717, 1.165) is 4.90 Å². The number of carbonyl (C=O) groups is 1. The molecule has 0 aliphatic carbocycles. The van der Waals surface area contributed by atoms with Gasteiger partial charge in [0.05, 0.1) is 22.8 Å². The summed E-state index contributed by atoms with van der Waals surface area (Å²) in [6.07, 6.45) is 0. The van der Waals surface area contributed by atoms with E-state index in [9.17, 15) is 4.79 Å². The SMILES string of the molecule is C[NH+](CC(=O)Nc1c(Cl)cccc1Cl)Cc1nc(N)nc(N)n1. The lowest BCUT2D eigenvalue weighted by Gasteiger charge is -2.14. The van der Waals surface area contributed by atoms with Gasteiger partial charge in [0.25, 0.3) is 5.91 Å². The maximum atomic E-state index is 12.1. The van der Waals surface area contributed by atoms with E-state index in [2.05, 4.69) is 20.3 Å². The lowest BCUT2D eigenvalue weighted by Crippen LogP contribution is -3.08. The van der Waals surface area contributed by atoms with Gasteiger partial charge < -0.3 is 21.7 Å². The van der Waals surface area contributed by atoms with Crippen LogP contribution in [0.25, 0.3) is 0 Å². The number of likely N-dealkylation sites (N-methyl/N-ethyl adjacent to an activating group) is 1. The number of quaternary nitrogens is 1. The maximum Gasteiger partial charge on any atom is 0.279 e. The molecule has 0 spiro atoms. The van der Waals surface area contributed by atoms with Crippen LogP contribution < -0.4 is 21.7 Å². The van der Waals surface area contributed by atoms with Crippen molar-refractivity contribution < 1.29 is 9.69 Å². The van der Waals surface area contributed by atoms with Crippen molar-refractivity contribution in [3.8, 4) is 0 Å². The number of nitrogens with one attached hydrogen (secondary N) is 2. The minimum absolute atomic E-state index is 0.0487. The number of benzene rings is 1. The predicted molar refractivity (Wildman–Crippen MR) is 89.2 cm³/mol. The fourth-order valence-electron chi connectivity index (χ4n) is 1.94. The van der Waals surface area contributed by atoms with Crippen molar-refractivity contribution in [2.45, 2.75) is 6.54 Å². The Morgan fingerprint density at radius 1 is 1.17 bits per heavy atom. The van der Waals surface area contributed by atoms with Gasteiger partial charge in [-0.2, -0.15) is 15.0 Å². The second-order valence-electron chi connectivity index (χ2n) is 4.92. The number of nitrogens with zero attached hydrogens (tertiary/aromatic N) is 3. The van der Waals surface area contributed by atoms with Gasteiger partial charge in [0.1, 0.15) is 6.54 Å². The smallest absolute Gasteiger partial charge is 0.279 e. The fraction of sp³-hybridized carbons (Fsp3) is 0.231. The van der Waals surface area contributed by atoms with E-state index in [4.69, 9.17) is 34.7 Å². The molecule has 0 bridgehead atoms. The molecule has 0 fully saturated rings. The number of aromatic nitrogens is 3. The summed E-state index contributed by atoms with van der Waals surface area (Å²) in [7, 11) is 1.81. The average molecular weight is 357 g/mol. The molecule has 10 heteroatoms. The van der Waals surface area contributed by atoms with E-state index in [1.807, 2.05) is 7.05 Å². The lowest BCUT2D eigenvalue weighted by atomic mass is 10.3. The zero-order valence-corrected chi connectivity index (χ0v) is 13.8. The molecule has 1 heterocycles. The Bertz CT molecular complexity index is 685. The zero-order valence-electron chi connectivity index (χ0n) is 12.3. The molecule has 2 aromatic rings. The van der Waals surface area contributed by atoms with Crippen LogP contribution in [0.1, 0.15) is 5.82 Å². The highest BCUT2D eigenvalue weighted by Crippen LogP contribution is 2.29. The second kappa shape index (κ2) is 7.40. The molecule has 0 saturated heterocycles. The molecule has 1 amide bonds. The van der Waals surface area contributed by atoms with E-state index < -0.39 is 0 Å². The van der Waals surface area contributed by atoms with E-state index >= 15 is 0 Å². The number of halogens is 2. The van der Waals surface area contributed by atoms with Gasteiger partial charge in [-0.15, -0.1) is 0 Å². The van der Waals surface area contributed by atoms with Crippen LogP contribution in [0, 0.1) is 0 Å². The monoisotopic (exact) mass is 356 g/mol. The Balaban J connectivity index is 1.97. The van der Waals surface area contributed by atoms with E-state index in [1.165, 1.54) is 0 Å². The second-order valence-corrected chi connectivity index (χ2v) is 5.74. The number of nitrogen functional groups attached to an aromatic ring is 2. The van der Waals surface area contributed by atoms with Crippen LogP contribution in [0.4, 0.5) is 17.6 Å². The van der Waals surface area contributed by atoms with Gasteiger partial charge in [-0.05, 0) is 12.1 Å². The van der Waals surface area contributed by atoms with Crippen LogP contribution >= 0.6 is 23.2 Å². The summed E-state index contributed by atoms with van der Waals surface area (Å²) in [4.78, 5) is 24.6. The number of para-hydroxylation sites is 1. The number of carbonyl (C=O) groups excluding carboxylic acids is 1. The van der Waals surface area contributed by atoms with Crippen LogP contribution in [-0.2, 0) is 11.3 Å². The lowest BCUT2D eigenvalue weighted by molar-refractivity contribution is -0.885. The van der Waals surface area contributed by atoms with Crippen LogP contribution in [0.15, 0.2) is 18.2 Å². The maximum absolute atomic E-state index is 12.1. The average Bonchev–Trinajstić information content (AvgIpc) is 2.41. The molecule has 0 aliphatic rings. The quantitative estimate of drug-likeness (QED) is 0.597. The van der Waals surface area contributed by atoms with Crippen molar-refractivity contribution >= 4 is 46.7 Å². The number of nitrogens with two attached hydrogens (primary N) is 2. The van der Waals surface area contributed by atoms with E-state index in [1.54, 1.807) is 18.2 Å². The summed E-state index contributed by atoms with van der Waals surface area (Å²) in [5, 5.41) is 3.44. The molecule has 1 aromatic heterocycles. The first-order chi connectivity index (χ1) is 10.8. The van der Waals surface area contributed by atoms with Gasteiger partial charge in [0.15, 0.2) is 12.4 Å². The molecule has 1 atom stereocenters. The largest absolute Gasteiger partial charge is 0.368 e. The highest BCUT2D eigenvalue weighted by molar-refractivity contribution is 6.39. The molecule has 1 aromatic carbocycles. The van der Waals surface area contributed by atoms with E-state index in [0.29, 0.717) is 28.1 Å². The molecular formula is C13H16Cl2N7O+. The zero-order chi connectivity index (χ0) is 17.0. The Labute approximate surface area is 142 Å². The number of hydrogen-bond acceptors (Lipinski definition) is 6. The molecule has 1 unspecified atom stereocenters. The third kappa shape index (κ3) is 4.92. The first-order valence-corrected chi connectivity index (χ1v) is 7.42. The number of hydrogen-bond donors (Lipinski definition) is 4. The summed E-state index contributed by atoms with van der Waals surface area (Å²) < 4.78 is 0. The van der Waals surface area contributed by atoms with Gasteiger partial charge >= 0.3 is 0 Å². The van der Waals surface area contributed by atoms with Crippen LogP contribution in [0.5, 0.6) is 0 Å². The normalized spacial score (nSPS) is 12.0. The first-order valence-electron chi connectivity index (χ1n) is 6.66. The molecule has 122 valence electrons. The predicted octanol–water partition coefficient (Wildman–Crippen LogP) is -0.00380. The third-order valence-electron chi connectivity index (χ3n) is 2.87. The Morgan fingerprint density at radius 2 is 1.74 bits per heavy atom. The fourth-order valence-corrected chi connectivity index (χ4v) is 2.44. The standard InChI is InChI=1S/C13H15Cl2N7O/c1-22(5-9-18-12(16)21-13(17)19-9)6-10(23)20-11-7(14)3-2-4-8(11)15/h2-4H,5-6H2,1H3,(H,20,23)(H4,16,17,18,19,21)/p+1. The van der Waals surface area contributed by atoms with Crippen molar-refractivity contribution in [1.29, 1.82) is 0 Å².